The summed E-state index contributed by atoms with van der Waals surface area (Å²) in [5.74, 6) is 0.641. The van der Waals surface area contributed by atoms with Crippen molar-refractivity contribution in [2.24, 2.45) is 5.92 Å². The number of nitriles is 1. The van der Waals surface area contributed by atoms with Crippen molar-refractivity contribution in [1.82, 2.24) is 4.90 Å². The fourth-order valence-electron chi connectivity index (χ4n) is 2.09. The molecule has 0 aliphatic carbocycles. The van der Waals surface area contributed by atoms with Gasteiger partial charge in [-0.25, -0.2) is 0 Å². The van der Waals surface area contributed by atoms with Crippen molar-refractivity contribution >= 4 is 17.2 Å². The zero-order chi connectivity index (χ0) is 11.1. The molecule has 0 spiro atoms. The molecule has 1 fully saturated rings. The number of hydrogen-bond acceptors (Lipinski definition) is 2. The molecule has 1 heterocycles. The van der Waals surface area contributed by atoms with Crippen LogP contribution in [0.2, 0.25) is 0 Å². The van der Waals surface area contributed by atoms with Gasteiger partial charge in [-0.3, -0.25) is 0 Å². The second kappa shape index (κ2) is 6.79. The third-order valence-corrected chi connectivity index (χ3v) is 3.62. The Morgan fingerprint density at radius 1 is 1.53 bits per heavy atom. The summed E-state index contributed by atoms with van der Waals surface area (Å²) in [6.45, 7) is 4.32. The van der Waals surface area contributed by atoms with Crippen LogP contribution in [0.3, 0.4) is 0 Å². The first-order valence-electron chi connectivity index (χ1n) is 5.95. The molecule has 1 unspecified atom stereocenters. The van der Waals surface area contributed by atoms with Crippen molar-refractivity contribution < 1.29 is 0 Å². The topological polar surface area (TPSA) is 27.0 Å². The molecular formula is C12H20N2S. The van der Waals surface area contributed by atoms with Crippen LogP contribution in [-0.2, 0) is 0 Å². The molecule has 0 aromatic heterocycles. The van der Waals surface area contributed by atoms with E-state index >= 15 is 0 Å². The fourth-order valence-corrected chi connectivity index (χ4v) is 2.51. The van der Waals surface area contributed by atoms with Gasteiger partial charge in [-0.1, -0.05) is 32.0 Å². The smallest absolute Gasteiger partial charge is 0.0811 e. The van der Waals surface area contributed by atoms with Gasteiger partial charge in [-0.15, -0.1) is 0 Å². The predicted octanol–water partition coefficient (Wildman–Crippen LogP) is 3.13. The highest BCUT2D eigenvalue weighted by Crippen LogP contribution is 2.24. The van der Waals surface area contributed by atoms with Crippen LogP contribution in [0, 0.1) is 17.2 Å². The van der Waals surface area contributed by atoms with Gasteiger partial charge in [0.05, 0.1) is 11.1 Å². The van der Waals surface area contributed by atoms with E-state index in [-0.39, 0.29) is 0 Å². The van der Waals surface area contributed by atoms with Crippen LogP contribution in [0.1, 0.15) is 45.4 Å². The first-order chi connectivity index (χ1) is 7.29. The predicted molar refractivity (Wildman–Crippen MR) is 66.7 cm³/mol. The molecule has 0 amide bonds. The van der Waals surface area contributed by atoms with Crippen LogP contribution >= 0.6 is 12.2 Å². The molecule has 1 aliphatic rings. The van der Waals surface area contributed by atoms with Crippen LogP contribution in [0.15, 0.2) is 0 Å². The lowest BCUT2D eigenvalue weighted by Crippen LogP contribution is -2.26. The average molecular weight is 224 g/mol. The Balaban J connectivity index is 2.26. The molecule has 3 heteroatoms. The van der Waals surface area contributed by atoms with Gasteiger partial charge in [-0.2, -0.15) is 5.26 Å². The van der Waals surface area contributed by atoms with Crippen LogP contribution in [0.4, 0.5) is 0 Å². The van der Waals surface area contributed by atoms with Gasteiger partial charge in [0.15, 0.2) is 0 Å². The van der Waals surface area contributed by atoms with E-state index < -0.39 is 0 Å². The highest BCUT2D eigenvalue weighted by molar-refractivity contribution is 7.80. The van der Waals surface area contributed by atoms with E-state index in [9.17, 15) is 0 Å². The lowest BCUT2D eigenvalue weighted by molar-refractivity contribution is 0.449. The molecular weight excluding hydrogens is 204 g/mol. The Hall–Kier alpha value is -0.620. The standard InChI is InChI=1S/C12H20N2S/c1-2-3-6-11-7-10-14(12(11)15)9-5-4-8-13/h11H,2-7,9-10H2,1H3. The summed E-state index contributed by atoms with van der Waals surface area (Å²) in [7, 11) is 0. The number of likely N-dealkylation sites (tertiary alicyclic amines) is 1. The summed E-state index contributed by atoms with van der Waals surface area (Å²) >= 11 is 5.47. The molecule has 0 aromatic carbocycles. The van der Waals surface area contributed by atoms with Gasteiger partial charge >= 0.3 is 0 Å². The van der Waals surface area contributed by atoms with Crippen molar-refractivity contribution in [1.29, 1.82) is 5.26 Å². The summed E-state index contributed by atoms with van der Waals surface area (Å²) in [5.41, 5.74) is 0. The molecule has 2 nitrogen and oxygen atoms in total. The lowest BCUT2D eigenvalue weighted by atomic mass is 10.0. The van der Waals surface area contributed by atoms with Gasteiger partial charge in [0.2, 0.25) is 0 Å². The molecule has 84 valence electrons. The SMILES string of the molecule is CCCCC1CCN(CCCC#N)C1=S. The van der Waals surface area contributed by atoms with Crippen molar-refractivity contribution in [3.63, 3.8) is 0 Å². The van der Waals surface area contributed by atoms with E-state index in [0.29, 0.717) is 12.3 Å². The molecule has 0 bridgehead atoms. The molecule has 1 saturated heterocycles. The lowest BCUT2D eigenvalue weighted by Gasteiger charge is -2.18. The quantitative estimate of drug-likeness (QED) is 0.512. The van der Waals surface area contributed by atoms with E-state index in [0.717, 1.165) is 24.5 Å². The average Bonchev–Trinajstić information content (AvgIpc) is 2.58. The molecule has 15 heavy (non-hydrogen) atoms. The fraction of sp³-hybridized carbons (Fsp3) is 0.833. The normalized spacial score (nSPS) is 20.7. The van der Waals surface area contributed by atoms with Crippen molar-refractivity contribution in [2.75, 3.05) is 13.1 Å². The Morgan fingerprint density at radius 2 is 2.33 bits per heavy atom. The van der Waals surface area contributed by atoms with Gasteiger partial charge in [0.1, 0.15) is 0 Å². The number of nitrogens with zero attached hydrogens (tertiary/aromatic N) is 2. The number of rotatable bonds is 6. The van der Waals surface area contributed by atoms with Gasteiger partial charge in [-0.05, 0) is 19.3 Å². The molecule has 0 saturated carbocycles. The van der Waals surface area contributed by atoms with Crippen LogP contribution < -0.4 is 0 Å². The number of hydrogen-bond donors (Lipinski definition) is 0. The maximum Gasteiger partial charge on any atom is 0.0811 e. The molecule has 1 atom stereocenters. The minimum Gasteiger partial charge on any atom is -0.366 e. The van der Waals surface area contributed by atoms with Crippen LogP contribution in [0.25, 0.3) is 0 Å². The molecule has 1 aliphatic heterocycles. The third-order valence-electron chi connectivity index (χ3n) is 3.03. The van der Waals surface area contributed by atoms with Crippen molar-refractivity contribution in [2.45, 2.75) is 45.4 Å². The summed E-state index contributed by atoms with van der Waals surface area (Å²) in [6.07, 6.45) is 6.63. The maximum atomic E-state index is 8.47. The first kappa shape index (κ1) is 12.4. The third kappa shape index (κ3) is 3.79. The van der Waals surface area contributed by atoms with Gasteiger partial charge < -0.3 is 4.90 Å². The Labute approximate surface area is 98.3 Å². The highest BCUT2D eigenvalue weighted by atomic mass is 32.1. The van der Waals surface area contributed by atoms with E-state index in [1.165, 1.54) is 25.7 Å². The zero-order valence-corrected chi connectivity index (χ0v) is 10.4. The van der Waals surface area contributed by atoms with Crippen LogP contribution in [0.5, 0.6) is 0 Å². The molecule has 0 N–H and O–H groups in total. The second-order valence-corrected chi connectivity index (χ2v) is 4.63. The summed E-state index contributed by atoms with van der Waals surface area (Å²) in [4.78, 5) is 3.45. The minimum absolute atomic E-state index is 0.641. The van der Waals surface area contributed by atoms with Crippen molar-refractivity contribution in [3.8, 4) is 6.07 Å². The largest absolute Gasteiger partial charge is 0.366 e. The van der Waals surface area contributed by atoms with Gasteiger partial charge in [0.25, 0.3) is 0 Å². The molecule has 1 rings (SSSR count). The van der Waals surface area contributed by atoms with E-state index in [1.807, 2.05) is 0 Å². The minimum atomic E-state index is 0.641. The Bertz CT molecular complexity index is 244. The van der Waals surface area contributed by atoms with Gasteiger partial charge in [0, 0.05) is 25.4 Å². The molecule has 0 radical (unpaired) electrons. The van der Waals surface area contributed by atoms with E-state index in [2.05, 4.69) is 17.9 Å². The summed E-state index contributed by atoms with van der Waals surface area (Å²) in [5, 5.41) is 8.47. The second-order valence-electron chi connectivity index (χ2n) is 4.21. The monoisotopic (exact) mass is 224 g/mol. The summed E-state index contributed by atoms with van der Waals surface area (Å²) in [6, 6.07) is 2.18. The van der Waals surface area contributed by atoms with Crippen molar-refractivity contribution in [3.05, 3.63) is 0 Å². The molecule has 0 aromatic rings. The Morgan fingerprint density at radius 3 is 3.00 bits per heavy atom. The van der Waals surface area contributed by atoms with Crippen LogP contribution in [-0.4, -0.2) is 23.0 Å². The van der Waals surface area contributed by atoms with E-state index in [4.69, 9.17) is 17.5 Å². The first-order valence-corrected chi connectivity index (χ1v) is 6.36. The zero-order valence-electron chi connectivity index (χ0n) is 9.54. The summed E-state index contributed by atoms with van der Waals surface area (Å²) < 4.78 is 0. The van der Waals surface area contributed by atoms with E-state index in [1.54, 1.807) is 0 Å². The Kier molecular flexibility index (Phi) is 5.63. The number of thiocarbonyl (C=S) groups is 1. The highest BCUT2D eigenvalue weighted by Gasteiger charge is 2.26. The number of unbranched alkanes of at least 4 members (excludes halogenated alkanes) is 2. The maximum absolute atomic E-state index is 8.47.